The van der Waals surface area contributed by atoms with Crippen LogP contribution in [0.3, 0.4) is 0 Å². The van der Waals surface area contributed by atoms with Crippen LogP contribution in [0.15, 0.2) is 42.5 Å². The van der Waals surface area contributed by atoms with Gasteiger partial charge in [-0.1, -0.05) is 24.3 Å². The Balaban J connectivity index is 1.51. The van der Waals surface area contributed by atoms with Crippen LogP contribution in [0.4, 0.5) is 5.69 Å². The fraction of sp³-hybridized carbons (Fsp3) is 0.261. The van der Waals surface area contributed by atoms with Gasteiger partial charge in [0.25, 0.3) is 5.91 Å². The summed E-state index contributed by atoms with van der Waals surface area (Å²) in [5, 5.41) is 3.56. The second-order valence-electron chi connectivity index (χ2n) is 7.21. The molecular formula is C23H22N2O3. The van der Waals surface area contributed by atoms with Crippen LogP contribution in [0.25, 0.3) is 10.9 Å². The number of para-hydroxylation sites is 1. The van der Waals surface area contributed by atoms with Crippen LogP contribution in [0.5, 0.6) is 0 Å². The number of benzene rings is 2. The van der Waals surface area contributed by atoms with Gasteiger partial charge in [-0.25, -0.2) is 4.79 Å². The van der Waals surface area contributed by atoms with E-state index in [0.29, 0.717) is 11.3 Å². The van der Waals surface area contributed by atoms with Crippen LogP contribution in [0.2, 0.25) is 0 Å². The number of fused-ring (bicyclic) bond motifs is 2. The minimum atomic E-state index is -0.466. The van der Waals surface area contributed by atoms with Gasteiger partial charge in [0.15, 0.2) is 6.61 Å². The molecule has 0 unspecified atom stereocenters. The normalized spacial score (nSPS) is 12.6. The molecule has 1 aliphatic rings. The molecule has 1 aromatic heterocycles. The van der Waals surface area contributed by atoms with E-state index in [0.717, 1.165) is 52.5 Å². The molecule has 1 heterocycles. The standard InChI is InChI=1S/C23H22N2O3/c1-14-10-11-16(12-15(14)2)24-21(26)13-28-23(27)22-17-6-3-4-8-19(17)25-20-9-5-7-18(20)22/h3-4,6,8,10-12H,5,7,9,13H2,1-2H3,(H,24,26). The number of esters is 1. The second kappa shape index (κ2) is 7.43. The van der Waals surface area contributed by atoms with Crippen molar-refractivity contribution in [2.75, 3.05) is 11.9 Å². The minimum Gasteiger partial charge on any atom is -0.452 e. The Kier molecular flexibility index (Phi) is 4.82. The predicted molar refractivity (Wildman–Crippen MR) is 109 cm³/mol. The summed E-state index contributed by atoms with van der Waals surface area (Å²) in [5.74, 6) is -0.821. The van der Waals surface area contributed by atoms with E-state index in [4.69, 9.17) is 4.74 Å². The van der Waals surface area contributed by atoms with Crippen LogP contribution in [-0.2, 0) is 22.4 Å². The zero-order chi connectivity index (χ0) is 19.7. The number of ether oxygens (including phenoxy) is 1. The summed E-state index contributed by atoms with van der Waals surface area (Å²) in [7, 11) is 0. The first-order valence-electron chi connectivity index (χ1n) is 9.47. The first kappa shape index (κ1) is 18.2. The number of rotatable bonds is 4. The first-order chi connectivity index (χ1) is 13.5. The molecule has 0 atom stereocenters. The van der Waals surface area contributed by atoms with Crippen LogP contribution in [-0.4, -0.2) is 23.5 Å². The highest BCUT2D eigenvalue weighted by Gasteiger charge is 2.25. The van der Waals surface area contributed by atoms with Gasteiger partial charge in [-0.2, -0.15) is 0 Å². The number of anilines is 1. The summed E-state index contributed by atoms with van der Waals surface area (Å²) in [6.07, 6.45) is 2.66. The molecule has 5 heteroatoms. The molecule has 0 radical (unpaired) electrons. The van der Waals surface area contributed by atoms with E-state index in [1.807, 2.05) is 56.3 Å². The topological polar surface area (TPSA) is 68.3 Å². The average Bonchev–Trinajstić information content (AvgIpc) is 3.15. The van der Waals surface area contributed by atoms with E-state index in [2.05, 4.69) is 10.3 Å². The summed E-state index contributed by atoms with van der Waals surface area (Å²) in [6, 6.07) is 13.3. The maximum Gasteiger partial charge on any atom is 0.339 e. The molecule has 5 nitrogen and oxygen atoms in total. The van der Waals surface area contributed by atoms with E-state index in [-0.39, 0.29) is 12.5 Å². The summed E-state index contributed by atoms with van der Waals surface area (Å²) >= 11 is 0. The summed E-state index contributed by atoms with van der Waals surface area (Å²) < 4.78 is 5.37. The third-order valence-electron chi connectivity index (χ3n) is 5.25. The number of hydrogen-bond donors (Lipinski definition) is 1. The molecule has 0 aliphatic heterocycles. The number of nitrogens with zero attached hydrogens (tertiary/aromatic N) is 1. The van der Waals surface area contributed by atoms with Gasteiger partial charge in [-0.05, 0) is 68.0 Å². The fourth-order valence-corrected chi connectivity index (χ4v) is 3.66. The number of carbonyl (C=O) groups excluding carboxylic acids is 2. The Hall–Kier alpha value is -3.21. The molecule has 0 fully saturated rings. The van der Waals surface area contributed by atoms with Crippen LogP contribution >= 0.6 is 0 Å². The number of carbonyl (C=O) groups is 2. The van der Waals surface area contributed by atoms with Crippen molar-refractivity contribution < 1.29 is 14.3 Å². The van der Waals surface area contributed by atoms with E-state index < -0.39 is 5.97 Å². The Morgan fingerprint density at radius 1 is 1.07 bits per heavy atom. The molecule has 2 aromatic carbocycles. The Morgan fingerprint density at radius 2 is 1.89 bits per heavy atom. The third-order valence-corrected chi connectivity index (χ3v) is 5.25. The molecular weight excluding hydrogens is 352 g/mol. The zero-order valence-electron chi connectivity index (χ0n) is 16.0. The third kappa shape index (κ3) is 3.48. The SMILES string of the molecule is Cc1ccc(NC(=O)COC(=O)c2c3c(nc4ccccc24)CCC3)cc1C. The number of aromatic nitrogens is 1. The molecule has 142 valence electrons. The lowest BCUT2D eigenvalue weighted by atomic mass is 10.0. The quantitative estimate of drug-likeness (QED) is 0.697. The molecule has 4 rings (SSSR count). The highest BCUT2D eigenvalue weighted by Crippen LogP contribution is 2.30. The van der Waals surface area contributed by atoms with Gasteiger partial charge >= 0.3 is 5.97 Å². The number of pyridine rings is 1. The molecule has 0 bridgehead atoms. The highest BCUT2D eigenvalue weighted by atomic mass is 16.5. The van der Waals surface area contributed by atoms with Crippen molar-refractivity contribution in [3.63, 3.8) is 0 Å². The van der Waals surface area contributed by atoms with Crippen molar-refractivity contribution >= 4 is 28.5 Å². The van der Waals surface area contributed by atoms with Gasteiger partial charge in [0, 0.05) is 16.8 Å². The van der Waals surface area contributed by atoms with Crippen molar-refractivity contribution in [2.45, 2.75) is 33.1 Å². The smallest absolute Gasteiger partial charge is 0.339 e. The summed E-state index contributed by atoms with van der Waals surface area (Å²) in [6.45, 7) is 3.68. The van der Waals surface area contributed by atoms with Gasteiger partial charge < -0.3 is 10.1 Å². The minimum absolute atomic E-state index is 0.322. The van der Waals surface area contributed by atoms with E-state index in [9.17, 15) is 9.59 Å². The summed E-state index contributed by atoms with van der Waals surface area (Å²) in [4.78, 5) is 29.8. The van der Waals surface area contributed by atoms with Crippen LogP contribution in [0.1, 0.15) is 39.2 Å². The molecule has 0 spiro atoms. The van der Waals surface area contributed by atoms with Gasteiger partial charge in [0.2, 0.25) is 0 Å². The maximum absolute atomic E-state index is 12.8. The lowest BCUT2D eigenvalue weighted by Gasteiger charge is -2.12. The van der Waals surface area contributed by atoms with E-state index in [1.165, 1.54) is 0 Å². The van der Waals surface area contributed by atoms with Gasteiger partial charge in [-0.3, -0.25) is 9.78 Å². The van der Waals surface area contributed by atoms with Crippen molar-refractivity contribution in [3.8, 4) is 0 Å². The largest absolute Gasteiger partial charge is 0.452 e. The first-order valence-corrected chi connectivity index (χ1v) is 9.47. The number of aryl methyl sites for hydroxylation is 3. The maximum atomic E-state index is 12.8. The molecule has 28 heavy (non-hydrogen) atoms. The molecule has 3 aromatic rings. The van der Waals surface area contributed by atoms with Crippen molar-refractivity contribution in [1.82, 2.24) is 4.98 Å². The fourth-order valence-electron chi connectivity index (χ4n) is 3.66. The predicted octanol–water partition coefficient (Wildman–Crippen LogP) is 4.14. The second-order valence-corrected chi connectivity index (χ2v) is 7.21. The van der Waals surface area contributed by atoms with E-state index in [1.54, 1.807) is 0 Å². The van der Waals surface area contributed by atoms with Crippen molar-refractivity contribution in [2.24, 2.45) is 0 Å². The molecule has 0 saturated carbocycles. The molecule has 1 N–H and O–H groups in total. The monoisotopic (exact) mass is 374 g/mol. The van der Waals surface area contributed by atoms with Gasteiger partial charge in [-0.15, -0.1) is 0 Å². The zero-order valence-corrected chi connectivity index (χ0v) is 16.0. The van der Waals surface area contributed by atoms with Crippen LogP contribution < -0.4 is 5.32 Å². The number of amides is 1. The van der Waals surface area contributed by atoms with Crippen molar-refractivity contribution in [3.05, 3.63) is 70.4 Å². The van der Waals surface area contributed by atoms with Gasteiger partial charge in [0.05, 0.1) is 11.1 Å². The lowest BCUT2D eigenvalue weighted by Crippen LogP contribution is -2.21. The Bertz CT molecular complexity index is 1090. The lowest BCUT2D eigenvalue weighted by molar-refractivity contribution is -0.119. The van der Waals surface area contributed by atoms with Crippen molar-refractivity contribution in [1.29, 1.82) is 0 Å². The molecule has 0 saturated heterocycles. The number of nitrogens with one attached hydrogen (secondary N) is 1. The Morgan fingerprint density at radius 3 is 2.71 bits per heavy atom. The van der Waals surface area contributed by atoms with E-state index >= 15 is 0 Å². The molecule has 1 aliphatic carbocycles. The molecule has 1 amide bonds. The summed E-state index contributed by atoms with van der Waals surface area (Å²) in [5.41, 5.74) is 6.20. The highest BCUT2D eigenvalue weighted by molar-refractivity contribution is 6.06. The van der Waals surface area contributed by atoms with Crippen LogP contribution in [0, 0.1) is 13.8 Å². The van der Waals surface area contributed by atoms with Gasteiger partial charge in [0.1, 0.15) is 0 Å². The number of hydrogen-bond acceptors (Lipinski definition) is 4. The average molecular weight is 374 g/mol. The Labute approximate surface area is 163 Å².